The number of hydrogen-bond donors (Lipinski definition) is 0. The van der Waals surface area contributed by atoms with Gasteiger partial charge in [0.05, 0.1) is 43.2 Å². The van der Waals surface area contributed by atoms with Crippen LogP contribution in [0.2, 0.25) is 0 Å². The third-order valence-electron chi connectivity index (χ3n) is 5.49. The maximum atomic E-state index is 6.02. The highest BCUT2D eigenvalue weighted by molar-refractivity contribution is 5.82. The number of hydrogen-bond acceptors (Lipinski definition) is 5. The van der Waals surface area contributed by atoms with Crippen molar-refractivity contribution in [2.75, 3.05) is 11.6 Å². The number of rotatable bonds is 7. The average molecular weight is 375 g/mol. The minimum atomic E-state index is 0.463. The molecule has 2 aromatic rings. The summed E-state index contributed by atoms with van der Waals surface area (Å²) in [4.78, 5) is 12.8. The summed E-state index contributed by atoms with van der Waals surface area (Å²) in [5.41, 5.74) is 2.19. The summed E-state index contributed by atoms with van der Waals surface area (Å²) in [7, 11) is 0. The number of fused-ring (bicyclic) bond motifs is 1. The largest absolute Gasteiger partial charge is 0.492 e. The molecule has 2 aliphatic heterocycles. The number of allylic oxidation sites excluding steroid dienone is 1. The third-order valence-corrected chi connectivity index (χ3v) is 5.49. The molecule has 0 radical (unpaired) electrons. The van der Waals surface area contributed by atoms with Crippen LogP contribution in [-0.4, -0.2) is 39.3 Å². The average Bonchev–Trinajstić information content (AvgIpc) is 3.34. The van der Waals surface area contributed by atoms with Crippen LogP contribution in [0.5, 0.6) is 5.75 Å². The number of anilines is 1. The lowest BCUT2D eigenvalue weighted by atomic mass is 9.91. The van der Waals surface area contributed by atoms with Crippen LogP contribution in [0.15, 0.2) is 77.3 Å². The molecule has 0 bridgehead atoms. The lowest BCUT2D eigenvalue weighted by Crippen LogP contribution is -2.61. The number of nitrogens with zero attached hydrogens (tertiary/aromatic N) is 6. The zero-order chi connectivity index (χ0) is 18.8. The van der Waals surface area contributed by atoms with Crippen molar-refractivity contribution in [2.45, 2.75) is 31.8 Å². The Labute approximate surface area is 164 Å². The minimum Gasteiger partial charge on any atom is -0.492 e. The van der Waals surface area contributed by atoms with Gasteiger partial charge in [0.25, 0.3) is 0 Å². The van der Waals surface area contributed by atoms with Gasteiger partial charge in [-0.1, -0.05) is 6.07 Å². The Morgan fingerprint density at radius 1 is 1.25 bits per heavy atom. The Bertz CT molecular complexity index is 957. The summed E-state index contributed by atoms with van der Waals surface area (Å²) in [5, 5.41) is 2.43. The van der Waals surface area contributed by atoms with Crippen LogP contribution in [0.3, 0.4) is 0 Å². The van der Waals surface area contributed by atoms with E-state index in [4.69, 9.17) is 4.74 Å². The normalized spacial score (nSPS) is 22.6. The van der Waals surface area contributed by atoms with Crippen molar-refractivity contribution in [3.05, 3.63) is 67.3 Å². The number of quaternary nitrogens is 1. The van der Waals surface area contributed by atoms with Crippen molar-refractivity contribution in [1.82, 2.24) is 9.55 Å². The number of benzene rings is 1. The SMILES string of the molecule is C1=C[N+]2(N(c3cccc(OCCn4ccnc4)c3)C3CCC3)C=NC=C2C=N1. The molecule has 1 fully saturated rings. The van der Waals surface area contributed by atoms with Gasteiger partial charge in [-0.25, -0.2) is 15.0 Å². The zero-order valence-electron chi connectivity index (χ0n) is 15.6. The second kappa shape index (κ2) is 7.09. The van der Waals surface area contributed by atoms with Gasteiger partial charge in [0.2, 0.25) is 12.0 Å². The van der Waals surface area contributed by atoms with Crippen molar-refractivity contribution >= 4 is 18.2 Å². The van der Waals surface area contributed by atoms with Gasteiger partial charge < -0.3 is 9.30 Å². The maximum Gasteiger partial charge on any atom is 0.225 e. The summed E-state index contributed by atoms with van der Waals surface area (Å²) in [6, 6.07) is 8.81. The van der Waals surface area contributed by atoms with E-state index in [0.29, 0.717) is 17.2 Å². The van der Waals surface area contributed by atoms with Gasteiger partial charge in [-0.15, -0.1) is 4.59 Å². The standard InChI is InChI=1S/C21H23N6O/c1-3-18(4-1)26(27-11-8-22-14-20(27)15-24-17-27)19-5-2-6-21(13-19)28-12-10-25-9-7-23-16-25/h2,5-9,11,13-18H,1,3-4,10,12H2/q+1. The fourth-order valence-electron chi connectivity index (χ4n) is 3.84. The summed E-state index contributed by atoms with van der Waals surface area (Å²) in [6.07, 6.45) is 18.8. The van der Waals surface area contributed by atoms with Crippen molar-refractivity contribution in [3.8, 4) is 5.75 Å². The van der Waals surface area contributed by atoms with Crippen molar-refractivity contribution in [2.24, 2.45) is 9.98 Å². The van der Waals surface area contributed by atoms with E-state index in [-0.39, 0.29) is 0 Å². The highest BCUT2D eigenvalue weighted by Crippen LogP contribution is 2.39. The molecule has 1 atom stereocenters. The molecule has 5 rings (SSSR count). The van der Waals surface area contributed by atoms with E-state index in [1.54, 1.807) is 12.5 Å². The monoisotopic (exact) mass is 375 g/mol. The zero-order valence-corrected chi connectivity index (χ0v) is 15.6. The Hall–Kier alpha value is -3.19. The van der Waals surface area contributed by atoms with E-state index in [9.17, 15) is 0 Å². The van der Waals surface area contributed by atoms with Crippen molar-refractivity contribution < 1.29 is 9.33 Å². The Kier molecular flexibility index (Phi) is 4.29. The molecule has 0 amide bonds. The predicted molar refractivity (Wildman–Crippen MR) is 109 cm³/mol. The van der Waals surface area contributed by atoms with E-state index in [0.717, 1.165) is 23.7 Å². The molecule has 28 heavy (non-hydrogen) atoms. The predicted octanol–water partition coefficient (Wildman–Crippen LogP) is 3.49. The molecule has 1 aliphatic carbocycles. The molecule has 142 valence electrons. The third kappa shape index (κ3) is 2.93. The van der Waals surface area contributed by atoms with Gasteiger partial charge in [0.1, 0.15) is 12.4 Å². The van der Waals surface area contributed by atoms with Gasteiger partial charge in [0.15, 0.2) is 6.20 Å². The smallest absolute Gasteiger partial charge is 0.225 e. The van der Waals surface area contributed by atoms with Crippen LogP contribution in [0.1, 0.15) is 19.3 Å². The minimum absolute atomic E-state index is 0.463. The number of ether oxygens (including phenoxy) is 1. The lowest BCUT2D eigenvalue weighted by Gasteiger charge is -2.46. The van der Waals surface area contributed by atoms with E-state index in [1.165, 1.54) is 19.3 Å². The molecule has 7 nitrogen and oxygen atoms in total. The van der Waals surface area contributed by atoms with Crippen LogP contribution in [0, 0.1) is 0 Å². The molecule has 3 heterocycles. The number of imidazole rings is 1. The van der Waals surface area contributed by atoms with Crippen LogP contribution < -0.4 is 9.75 Å². The molecule has 0 saturated heterocycles. The van der Waals surface area contributed by atoms with Crippen molar-refractivity contribution in [1.29, 1.82) is 0 Å². The fraction of sp³-hybridized carbons (Fsp3) is 0.286. The first kappa shape index (κ1) is 16.9. The van der Waals surface area contributed by atoms with Crippen molar-refractivity contribution in [3.63, 3.8) is 0 Å². The van der Waals surface area contributed by atoms with Crippen LogP contribution >= 0.6 is 0 Å². The molecule has 7 heteroatoms. The highest BCUT2D eigenvalue weighted by Gasteiger charge is 2.46. The topological polar surface area (TPSA) is 55.0 Å². The molecule has 1 aromatic carbocycles. The van der Waals surface area contributed by atoms with Crippen LogP contribution in [0.25, 0.3) is 0 Å². The molecule has 1 unspecified atom stereocenters. The van der Waals surface area contributed by atoms with Gasteiger partial charge >= 0.3 is 0 Å². The molecular formula is C21H23N6O+. The molecule has 1 aromatic heterocycles. The summed E-state index contributed by atoms with van der Waals surface area (Å²) in [5.74, 6) is 0.872. The molecule has 3 aliphatic rings. The van der Waals surface area contributed by atoms with Crippen LogP contribution in [-0.2, 0) is 6.54 Å². The quantitative estimate of drug-likeness (QED) is 0.696. The second-order valence-corrected chi connectivity index (χ2v) is 7.21. The first-order chi connectivity index (χ1) is 13.9. The van der Waals surface area contributed by atoms with Gasteiger partial charge in [-0.3, -0.25) is 4.99 Å². The number of aromatic nitrogens is 2. The second-order valence-electron chi connectivity index (χ2n) is 7.21. The molecule has 0 N–H and O–H groups in total. The number of aliphatic imine (C=N–C) groups is 2. The van der Waals surface area contributed by atoms with E-state index >= 15 is 0 Å². The summed E-state index contributed by atoms with van der Waals surface area (Å²) >= 11 is 0. The molecular weight excluding hydrogens is 352 g/mol. The van der Waals surface area contributed by atoms with Crippen LogP contribution in [0.4, 0.5) is 5.69 Å². The summed E-state index contributed by atoms with van der Waals surface area (Å²) in [6.45, 7) is 1.37. The van der Waals surface area contributed by atoms with Gasteiger partial charge in [-0.2, -0.15) is 0 Å². The molecule has 1 saturated carbocycles. The molecule has 0 spiro atoms. The van der Waals surface area contributed by atoms with Gasteiger partial charge in [0, 0.05) is 18.5 Å². The Balaban J connectivity index is 1.41. The summed E-state index contributed by atoms with van der Waals surface area (Å²) < 4.78 is 8.50. The maximum absolute atomic E-state index is 6.02. The lowest BCUT2D eigenvalue weighted by molar-refractivity contribution is -0.746. The Morgan fingerprint density at radius 2 is 2.21 bits per heavy atom. The fourth-order valence-corrected chi connectivity index (χ4v) is 3.84. The van der Waals surface area contributed by atoms with E-state index < -0.39 is 0 Å². The van der Waals surface area contributed by atoms with Gasteiger partial charge in [-0.05, 0) is 31.4 Å². The van der Waals surface area contributed by atoms with E-state index in [1.807, 2.05) is 41.8 Å². The Morgan fingerprint density at radius 3 is 3.04 bits per heavy atom. The first-order valence-corrected chi connectivity index (χ1v) is 9.68. The highest BCUT2D eigenvalue weighted by atomic mass is 16.5. The first-order valence-electron chi connectivity index (χ1n) is 9.68. The van der Waals surface area contributed by atoms with E-state index in [2.05, 4.69) is 44.4 Å².